The maximum absolute atomic E-state index is 12.0. The molecule has 1 aliphatic heterocycles. The average molecular weight is 240 g/mol. The van der Waals surface area contributed by atoms with E-state index in [0.717, 1.165) is 25.9 Å². The molecule has 3 unspecified atom stereocenters. The second-order valence-corrected chi connectivity index (χ2v) is 5.20. The van der Waals surface area contributed by atoms with Gasteiger partial charge in [0.15, 0.2) is 0 Å². The van der Waals surface area contributed by atoms with Crippen molar-refractivity contribution in [2.24, 2.45) is 17.8 Å². The highest BCUT2D eigenvalue weighted by Crippen LogP contribution is 2.26. The lowest BCUT2D eigenvalue weighted by molar-refractivity contribution is -0.142. The van der Waals surface area contributed by atoms with E-state index in [2.05, 4.69) is 10.6 Å². The lowest BCUT2D eigenvalue weighted by Gasteiger charge is -2.32. The van der Waals surface area contributed by atoms with Crippen molar-refractivity contribution in [2.45, 2.75) is 32.2 Å². The minimum Gasteiger partial charge on any atom is -0.481 e. The minimum atomic E-state index is -0.786. The molecule has 3 N–H and O–H groups in total. The Bertz CT molecular complexity index is 315. The second-order valence-electron chi connectivity index (χ2n) is 5.20. The van der Waals surface area contributed by atoms with Gasteiger partial charge in [0.05, 0.1) is 5.92 Å². The first-order valence-corrected chi connectivity index (χ1v) is 6.33. The zero-order chi connectivity index (χ0) is 12.4. The van der Waals surface area contributed by atoms with E-state index in [1.165, 1.54) is 0 Å². The molecule has 2 rings (SSSR count). The van der Waals surface area contributed by atoms with Crippen molar-refractivity contribution in [3.8, 4) is 0 Å². The van der Waals surface area contributed by atoms with Crippen LogP contribution >= 0.6 is 0 Å². The lowest BCUT2D eigenvalue weighted by Crippen LogP contribution is -2.51. The molecule has 1 heterocycles. The molecule has 5 nitrogen and oxygen atoms in total. The first kappa shape index (κ1) is 12.4. The molecule has 2 fully saturated rings. The van der Waals surface area contributed by atoms with Gasteiger partial charge in [-0.2, -0.15) is 0 Å². The summed E-state index contributed by atoms with van der Waals surface area (Å²) in [6.07, 6.45) is 2.36. The molecule has 0 radical (unpaired) electrons. The van der Waals surface area contributed by atoms with Crippen molar-refractivity contribution >= 4 is 11.9 Å². The predicted molar refractivity (Wildman–Crippen MR) is 62.4 cm³/mol. The number of carbonyl (C=O) groups excluding carboxylic acids is 1. The van der Waals surface area contributed by atoms with Gasteiger partial charge in [0.25, 0.3) is 0 Å². The first-order valence-electron chi connectivity index (χ1n) is 6.33. The van der Waals surface area contributed by atoms with Crippen LogP contribution in [0.5, 0.6) is 0 Å². The molecule has 1 aliphatic carbocycles. The zero-order valence-corrected chi connectivity index (χ0v) is 10.1. The summed E-state index contributed by atoms with van der Waals surface area (Å²) < 4.78 is 0. The fourth-order valence-corrected chi connectivity index (χ4v) is 2.62. The summed E-state index contributed by atoms with van der Waals surface area (Å²) >= 11 is 0. The van der Waals surface area contributed by atoms with E-state index in [4.69, 9.17) is 5.11 Å². The molecule has 1 amide bonds. The van der Waals surface area contributed by atoms with E-state index in [1.54, 1.807) is 0 Å². The number of hydrogen-bond acceptors (Lipinski definition) is 3. The van der Waals surface area contributed by atoms with Gasteiger partial charge in [0.2, 0.25) is 5.91 Å². The van der Waals surface area contributed by atoms with Crippen molar-refractivity contribution < 1.29 is 14.7 Å². The summed E-state index contributed by atoms with van der Waals surface area (Å²) in [4.78, 5) is 23.0. The smallest absolute Gasteiger partial charge is 0.308 e. The number of rotatable bonds is 4. The molecule has 0 aromatic rings. The van der Waals surface area contributed by atoms with Crippen molar-refractivity contribution in [3.05, 3.63) is 0 Å². The summed E-state index contributed by atoms with van der Waals surface area (Å²) in [5.41, 5.74) is 0. The Labute approximate surface area is 101 Å². The van der Waals surface area contributed by atoms with Gasteiger partial charge in [-0.25, -0.2) is 0 Å². The number of carboxylic acids is 1. The molecule has 17 heavy (non-hydrogen) atoms. The molecular weight excluding hydrogens is 220 g/mol. The summed E-state index contributed by atoms with van der Waals surface area (Å²) in [6, 6.07) is -0.171. The highest BCUT2D eigenvalue weighted by molar-refractivity contribution is 5.80. The topological polar surface area (TPSA) is 78.4 Å². The number of hydrogen-bond donors (Lipinski definition) is 3. The number of carboxylic acid groups (broad SMARTS) is 1. The molecule has 0 bridgehead atoms. The normalized spacial score (nSPS) is 30.6. The third-order valence-electron chi connectivity index (χ3n) is 4.09. The van der Waals surface area contributed by atoms with E-state index < -0.39 is 11.9 Å². The summed E-state index contributed by atoms with van der Waals surface area (Å²) in [5, 5.41) is 15.1. The van der Waals surface area contributed by atoms with E-state index in [9.17, 15) is 9.59 Å². The highest BCUT2D eigenvalue weighted by Gasteiger charge is 2.36. The Morgan fingerprint density at radius 2 is 2.06 bits per heavy atom. The van der Waals surface area contributed by atoms with E-state index in [-0.39, 0.29) is 17.9 Å². The maximum atomic E-state index is 12.0. The second kappa shape index (κ2) is 5.04. The first-order chi connectivity index (χ1) is 8.09. The van der Waals surface area contributed by atoms with Crippen LogP contribution in [0, 0.1) is 17.8 Å². The largest absolute Gasteiger partial charge is 0.481 e. The molecule has 1 saturated heterocycles. The van der Waals surface area contributed by atoms with Crippen LogP contribution in [0.4, 0.5) is 0 Å². The fraction of sp³-hybridized carbons (Fsp3) is 0.833. The third-order valence-corrected chi connectivity index (χ3v) is 4.09. The van der Waals surface area contributed by atoms with Gasteiger partial charge in [-0.3, -0.25) is 9.59 Å². The molecule has 96 valence electrons. The minimum absolute atomic E-state index is 0.00894. The van der Waals surface area contributed by atoms with Crippen molar-refractivity contribution in [3.63, 3.8) is 0 Å². The van der Waals surface area contributed by atoms with Gasteiger partial charge in [0.1, 0.15) is 0 Å². The molecule has 0 spiro atoms. The quantitative estimate of drug-likeness (QED) is 0.656. The number of aliphatic carboxylic acids is 1. The van der Waals surface area contributed by atoms with Gasteiger partial charge in [-0.15, -0.1) is 0 Å². The Hall–Kier alpha value is -1.10. The van der Waals surface area contributed by atoms with Crippen LogP contribution in [-0.2, 0) is 9.59 Å². The SMILES string of the molecule is CC(C(=O)NC1CCCC1C(=O)O)C1CNC1. The third kappa shape index (κ3) is 2.60. The molecule has 0 aromatic carbocycles. The van der Waals surface area contributed by atoms with Crippen LogP contribution in [0.1, 0.15) is 26.2 Å². The number of carbonyl (C=O) groups is 2. The van der Waals surface area contributed by atoms with Crippen molar-refractivity contribution in [1.82, 2.24) is 10.6 Å². The Morgan fingerprint density at radius 3 is 2.59 bits per heavy atom. The Balaban J connectivity index is 1.86. The highest BCUT2D eigenvalue weighted by atomic mass is 16.4. The number of amides is 1. The maximum Gasteiger partial charge on any atom is 0.308 e. The molecular formula is C12H20N2O3. The van der Waals surface area contributed by atoms with Gasteiger partial charge in [-0.05, 0) is 31.8 Å². The summed E-state index contributed by atoms with van der Waals surface area (Å²) in [6.45, 7) is 3.70. The predicted octanol–water partition coefficient (Wildman–Crippen LogP) is 0.211. The molecule has 2 aliphatic rings. The van der Waals surface area contributed by atoms with Crippen LogP contribution in [0.2, 0.25) is 0 Å². The molecule has 5 heteroatoms. The van der Waals surface area contributed by atoms with Gasteiger partial charge < -0.3 is 15.7 Å². The van der Waals surface area contributed by atoms with Crippen LogP contribution in [0.15, 0.2) is 0 Å². The van der Waals surface area contributed by atoms with Gasteiger partial charge in [-0.1, -0.05) is 13.3 Å². The molecule has 0 aromatic heterocycles. The fourth-order valence-electron chi connectivity index (χ4n) is 2.62. The van der Waals surface area contributed by atoms with E-state index >= 15 is 0 Å². The van der Waals surface area contributed by atoms with E-state index in [1.807, 2.05) is 6.92 Å². The monoisotopic (exact) mass is 240 g/mol. The van der Waals surface area contributed by atoms with Gasteiger partial charge in [0, 0.05) is 12.0 Å². The Kier molecular flexibility index (Phi) is 3.66. The molecule has 3 atom stereocenters. The zero-order valence-electron chi connectivity index (χ0n) is 10.1. The molecule has 1 saturated carbocycles. The standard InChI is InChI=1S/C12H20N2O3/c1-7(8-5-13-6-8)11(15)14-10-4-2-3-9(10)12(16)17/h7-10,13H,2-6H2,1H3,(H,14,15)(H,16,17). The number of nitrogens with one attached hydrogen (secondary N) is 2. The van der Waals surface area contributed by atoms with Crippen LogP contribution < -0.4 is 10.6 Å². The summed E-state index contributed by atoms with van der Waals surface area (Å²) in [7, 11) is 0. The Morgan fingerprint density at radius 1 is 1.35 bits per heavy atom. The van der Waals surface area contributed by atoms with Crippen molar-refractivity contribution in [1.29, 1.82) is 0 Å². The van der Waals surface area contributed by atoms with E-state index in [0.29, 0.717) is 12.3 Å². The summed E-state index contributed by atoms with van der Waals surface area (Å²) in [5.74, 6) is -0.794. The van der Waals surface area contributed by atoms with Crippen LogP contribution in [0.25, 0.3) is 0 Å². The average Bonchev–Trinajstić information content (AvgIpc) is 2.62. The lowest BCUT2D eigenvalue weighted by atomic mass is 9.88. The van der Waals surface area contributed by atoms with Crippen molar-refractivity contribution in [2.75, 3.05) is 13.1 Å². The van der Waals surface area contributed by atoms with Gasteiger partial charge >= 0.3 is 5.97 Å². The van der Waals surface area contributed by atoms with Crippen LogP contribution in [0.3, 0.4) is 0 Å². The van der Waals surface area contributed by atoms with Crippen LogP contribution in [-0.4, -0.2) is 36.1 Å².